The Morgan fingerprint density at radius 3 is 2.65 bits per heavy atom. The monoisotopic (exact) mass is 479 g/mol. The van der Waals surface area contributed by atoms with Gasteiger partial charge in [0.25, 0.3) is 5.56 Å². The largest absolute Gasteiger partial charge is 0.486 e. The molecule has 0 spiro atoms. The van der Waals surface area contributed by atoms with Crippen LogP contribution in [-0.2, 0) is 4.79 Å². The molecule has 3 aromatic rings. The molecule has 34 heavy (non-hydrogen) atoms. The van der Waals surface area contributed by atoms with Crippen molar-refractivity contribution >= 4 is 28.6 Å². The van der Waals surface area contributed by atoms with Gasteiger partial charge in [0.1, 0.15) is 6.61 Å². The molecule has 8 heteroatoms. The van der Waals surface area contributed by atoms with Gasteiger partial charge < -0.3 is 14.4 Å². The van der Waals surface area contributed by atoms with Gasteiger partial charge in [0.05, 0.1) is 23.2 Å². The number of nitrogens with zero attached hydrogens (tertiary/aromatic N) is 3. The average molecular weight is 480 g/mol. The van der Waals surface area contributed by atoms with E-state index >= 15 is 0 Å². The fraction of sp³-hybridized carbons (Fsp3) is 0.423. The number of carbonyl (C=O) groups is 1. The van der Waals surface area contributed by atoms with Crippen molar-refractivity contribution in [3.63, 3.8) is 0 Å². The molecule has 2 aromatic carbocycles. The third-order valence-electron chi connectivity index (χ3n) is 6.52. The molecule has 1 aliphatic heterocycles. The summed E-state index contributed by atoms with van der Waals surface area (Å²) in [7, 11) is 0. The van der Waals surface area contributed by atoms with Crippen molar-refractivity contribution in [1.29, 1.82) is 0 Å². The van der Waals surface area contributed by atoms with Crippen LogP contribution in [0.25, 0.3) is 10.9 Å². The van der Waals surface area contributed by atoms with Crippen LogP contribution in [-0.4, -0.2) is 51.9 Å². The maximum Gasteiger partial charge on any atom is 0.262 e. The number of benzene rings is 2. The second-order valence-electron chi connectivity index (χ2n) is 8.74. The number of hydrogen-bond donors (Lipinski definition) is 0. The third-order valence-corrected chi connectivity index (χ3v) is 7.45. The van der Waals surface area contributed by atoms with Crippen molar-refractivity contribution in [2.45, 2.75) is 49.9 Å². The lowest BCUT2D eigenvalue weighted by molar-refractivity contribution is -0.129. The molecule has 1 amide bonds. The zero-order valence-electron chi connectivity index (χ0n) is 19.3. The Morgan fingerprint density at radius 2 is 1.85 bits per heavy atom. The number of aromatic nitrogens is 2. The average Bonchev–Trinajstić information content (AvgIpc) is 3.40. The Bertz CT molecular complexity index is 1240. The highest BCUT2D eigenvalue weighted by Crippen LogP contribution is 2.33. The number of para-hydroxylation sites is 3. The van der Waals surface area contributed by atoms with Crippen LogP contribution in [0.15, 0.2) is 58.5 Å². The Hall–Kier alpha value is -3.00. The maximum atomic E-state index is 13.3. The molecule has 1 aliphatic carbocycles. The summed E-state index contributed by atoms with van der Waals surface area (Å²) in [4.78, 5) is 33.0. The summed E-state index contributed by atoms with van der Waals surface area (Å²) in [6, 6.07) is 15.2. The highest BCUT2D eigenvalue weighted by atomic mass is 32.2. The zero-order chi connectivity index (χ0) is 23.5. The van der Waals surface area contributed by atoms with Crippen molar-refractivity contribution < 1.29 is 14.3 Å². The number of amides is 1. The molecule has 0 radical (unpaired) electrons. The highest BCUT2D eigenvalue weighted by Gasteiger charge is 2.26. The van der Waals surface area contributed by atoms with Gasteiger partial charge in [-0.3, -0.25) is 14.2 Å². The van der Waals surface area contributed by atoms with Gasteiger partial charge in [0.15, 0.2) is 22.8 Å². The molecule has 1 unspecified atom stereocenters. The molecule has 0 N–H and O–H groups in total. The molecule has 178 valence electrons. The summed E-state index contributed by atoms with van der Waals surface area (Å²) in [5, 5.41) is 1.26. The van der Waals surface area contributed by atoms with Crippen molar-refractivity contribution in [2.24, 2.45) is 0 Å². The first-order chi connectivity index (χ1) is 16.6. The first-order valence-electron chi connectivity index (χ1n) is 11.9. The van der Waals surface area contributed by atoms with Gasteiger partial charge in [-0.2, -0.15) is 0 Å². The summed E-state index contributed by atoms with van der Waals surface area (Å²) in [5.74, 6) is 1.65. The summed E-state index contributed by atoms with van der Waals surface area (Å²) in [6.07, 6.45) is 3.96. The van der Waals surface area contributed by atoms with Gasteiger partial charge in [-0.1, -0.05) is 48.9 Å². The van der Waals surface area contributed by atoms with E-state index in [0.717, 1.165) is 31.4 Å². The molecule has 2 heterocycles. The number of fused-ring (bicyclic) bond motifs is 2. The summed E-state index contributed by atoms with van der Waals surface area (Å²) in [5.41, 5.74) is 0.668. The lowest BCUT2D eigenvalue weighted by Crippen LogP contribution is -2.44. The molecular weight excluding hydrogens is 450 g/mol. The van der Waals surface area contributed by atoms with E-state index in [9.17, 15) is 9.59 Å². The van der Waals surface area contributed by atoms with Crippen LogP contribution in [0.1, 0.15) is 38.6 Å². The molecule has 1 saturated carbocycles. The van der Waals surface area contributed by atoms with Crippen molar-refractivity contribution in [2.75, 3.05) is 25.4 Å². The van der Waals surface area contributed by atoms with Gasteiger partial charge in [-0.05, 0) is 44.0 Å². The predicted octanol–water partition coefficient (Wildman–Crippen LogP) is 4.29. The molecular formula is C26H29N3O4S. The van der Waals surface area contributed by atoms with E-state index in [1.807, 2.05) is 60.0 Å². The van der Waals surface area contributed by atoms with E-state index in [2.05, 4.69) is 0 Å². The minimum absolute atomic E-state index is 0.00432. The fourth-order valence-corrected chi connectivity index (χ4v) is 5.70. The molecule has 0 saturated heterocycles. The minimum Gasteiger partial charge on any atom is -0.486 e. The molecule has 0 bridgehead atoms. The number of thioether (sulfide) groups is 1. The van der Waals surface area contributed by atoms with Crippen LogP contribution in [0.2, 0.25) is 0 Å². The third kappa shape index (κ3) is 4.64. The lowest BCUT2D eigenvalue weighted by atomic mass is 10.2. The number of ether oxygens (including phenoxy) is 2. The molecule has 7 nitrogen and oxygen atoms in total. The summed E-state index contributed by atoms with van der Waals surface area (Å²) >= 11 is 1.35. The number of carbonyl (C=O) groups excluding carboxylic acids is 1. The zero-order valence-corrected chi connectivity index (χ0v) is 20.1. The van der Waals surface area contributed by atoms with Crippen molar-refractivity contribution in [1.82, 2.24) is 14.5 Å². The molecule has 2 aliphatic rings. The van der Waals surface area contributed by atoms with Gasteiger partial charge in [-0.15, -0.1) is 0 Å². The topological polar surface area (TPSA) is 73.7 Å². The van der Waals surface area contributed by atoms with Crippen molar-refractivity contribution in [3.8, 4) is 11.5 Å². The van der Waals surface area contributed by atoms with Gasteiger partial charge >= 0.3 is 0 Å². The van der Waals surface area contributed by atoms with Crippen LogP contribution in [0.4, 0.5) is 0 Å². The van der Waals surface area contributed by atoms with E-state index in [4.69, 9.17) is 14.5 Å². The van der Waals surface area contributed by atoms with Gasteiger partial charge in [-0.25, -0.2) is 4.98 Å². The van der Waals surface area contributed by atoms with E-state index in [0.29, 0.717) is 41.5 Å². The number of rotatable bonds is 7. The predicted molar refractivity (Wildman–Crippen MR) is 133 cm³/mol. The van der Waals surface area contributed by atoms with E-state index in [-0.39, 0.29) is 29.4 Å². The van der Waals surface area contributed by atoms with E-state index < -0.39 is 0 Å². The number of likely N-dealkylation sites (N-methyl/N-ethyl adjacent to an activating group) is 1. The summed E-state index contributed by atoms with van der Waals surface area (Å²) in [6.45, 7) is 3.39. The molecule has 1 aromatic heterocycles. The standard InChI is InChI=1S/C26H29N3O4S/c1-2-28(15-19-16-32-22-13-7-8-14-23(22)33-19)24(30)17-34-26-27-21-12-6-5-11-20(21)25(31)29(26)18-9-3-4-10-18/h5-8,11-14,18-19H,2-4,9-10,15-17H2,1H3. The second kappa shape index (κ2) is 10.1. The highest BCUT2D eigenvalue weighted by molar-refractivity contribution is 7.99. The Balaban J connectivity index is 1.31. The van der Waals surface area contributed by atoms with Crippen LogP contribution in [0, 0.1) is 0 Å². The normalized spacial score (nSPS) is 17.7. The smallest absolute Gasteiger partial charge is 0.262 e. The van der Waals surface area contributed by atoms with Crippen LogP contribution >= 0.6 is 11.8 Å². The number of hydrogen-bond acceptors (Lipinski definition) is 6. The van der Waals surface area contributed by atoms with Crippen molar-refractivity contribution in [3.05, 3.63) is 58.9 Å². The first kappa shape index (κ1) is 22.8. The second-order valence-corrected chi connectivity index (χ2v) is 9.69. The van der Waals surface area contributed by atoms with Crippen LogP contribution < -0.4 is 15.0 Å². The van der Waals surface area contributed by atoms with Crippen LogP contribution in [0.5, 0.6) is 11.5 Å². The Labute approximate surface area is 203 Å². The Morgan fingerprint density at radius 1 is 1.12 bits per heavy atom. The lowest BCUT2D eigenvalue weighted by Gasteiger charge is -2.31. The molecule has 1 atom stereocenters. The maximum absolute atomic E-state index is 13.3. The SMILES string of the molecule is CCN(CC1COc2ccccc2O1)C(=O)CSc1nc2ccccc2c(=O)n1C1CCCC1. The molecule has 1 fully saturated rings. The molecule has 5 rings (SSSR count). The van der Waals surface area contributed by atoms with E-state index in [1.165, 1.54) is 11.8 Å². The quantitative estimate of drug-likeness (QED) is 0.372. The van der Waals surface area contributed by atoms with E-state index in [1.54, 1.807) is 4.90 Å². The minimum atomic E-state index is -0.223. The van der Waals surface area contributed by atoms with Gasteiger partial charge in [0.2, 0.25) is 5.91 Å². The fourth-order valence-electron chi connectivity index (χ4n) is 4.74. The summed E-state index contributed by atoms with van der Waals surface area (Å²) < 4.78 is 13.7. The Kier molecular flexibility index (Phi) is 6.76. The first-order valence-corrected chi connectivity index (χ1v) is 12.9. The van der Waals surface area contributed by atoms with Crippen LogP contribution in [0.3, 0.4) is 0 Å². The van der Waals surface area contributed by atoms with Gasteiger partial charge in [0, 0.05) is 12.6 Å².